The zero-order chi connectivity index (χ0) is 16.2. The van der Waals surface area contributed by atoms with E-state index in [1.54, 1.807) is 18.5 Å². The highest BCUT2D eigenvalue weighted by Gasteiger charge is 2.26. The molecule has 0 saturated heterocycles. The second kappa shape index (κ2) is 6.50. The zero-order valence-corrected chi connectivity index (χ0v) is 13.0. The summed E-state index contributed by atoms with van der Waals surface area (Å²) in [5.41, 5.74) is 5.99. The van der Waals surface area contributed by atoms with E-state index in [1.165, 1.54) is 0 Å². The van der Waals surface area contributed by atoms with Gasteiger partial charge in [-0.05, 0) is 23.8 Å². The molecule has 0 fully saturated rings. The van der Waals surface area contributed by atoms with E-state index < -0.39 is 0 Å². The molecule has 24 heavy (non-hydrogen) atoms. The minimum Gasteiger partial charge on any atom is -0.485 e. The van der Waals surface area contributed by atoms with Gasteiger partial charge in [-0.2, -0.15) is 5.10 Å². The number of ether oxygens (including phenoxy) is 1. The molecule has 1 N–H and O–H groups in total. The maximum Gasteiger partial charge on any atom is 0.243 e. The van der Waals surface area contributed by atoms with Crippen molar-refractivity contribution in [3.63, 3.8) is 0 Å². The van der Waals surface area contributed by atoms with Gasteiger partial charge in [0.15, 0.2) is 0 Å². The molecule has 4 rings (SSSR count). The lowest BCUT2D eigenvalue weighted by atomic mass is 9.96. The Morgan fingerprint density at radius 1 is 0.917 bits per heavy atom. The molecule has 2 heterocycles. The molecule has 0 aliphatic carbocycles. The van der Waals surface area contributed by atoms with Crippen LogP contribution in [0.2, 0.25) is 0 Å². The second-order valence-electron chi connectivity index (χ2n) is 5.46. The number of hydrogen-bond acceptors (Lipinski definition) is 5. The van der Waals surface area contributed by atoms with Crippen LogP contribution in [-0.4, -0.2) is 15.7 Å². The summed E-state index contributed by atoms with van der Waals surface area (Å²) in [6.07, 6.45) is 3.99. The van der Waals surface area contributed by atoms with Crippen molar-refractivity contribution in [1.82, 2.24) is 9.97 Å². The molecule has 1 atom stereocenters. The molecule has 118 valence electrons. The molecule has 0 amide bonds. The van der Waals surface area contributed by atoms with Crippen LogP contribution in [-0.2, 0) is 0 Å². The molecule has 0 saturated carbocycles. The molecule has 1 aromatic heterocycles. The Kier molecular flexibility index (Phi) is 3.90. The summed E-state index contributed by atoms with van der Waals surface area (Å²) in [6.45, 7) is 0. The van der Waals surface area contributed by atoms with Crippen molar-refractivity contribution in [3.8, 4) is 5.75 Å². The first kappa shape index (κ1) is 14.4. The smallest absolute Gasteiger partial charge is 0.243 e. The van der Waals surface area contributed by atoms with E-state index in [-0.39, 0.29) is 6.10 Å². The van der Waals surface area contributed by atoms with Gasteiger partial charge in [0.25, 0.3) is 0 Å². The van der Waals surface area contributed by atoms with E-state index >= 15 is 0 Å². The third kappa shape index (κ3) is 2.96. The van der Waals surface area contributed by atoms with Crippen molar-refractivity contribution < 1.29 is 4.74 Å². The molecule has 3 aromatic rings. The molecule has 0 spiro atoms. The second-order valence-corrected chi connectivity index (χ2v) is 5.46. The highest BCUT2D eigenvalue weighted by atomic mass is 16.5. The summed E-state index contributed by atoms with van der Waals surface area (Å²) in [7, 11) is 0. The van der Waals surface area contributed by atoms with Crippen molar-refractivity contribution in [3.05, 3.63) is 84.2 Å². The number of hydrogen-bond donors (Lipinski definition) is 1. The van der Waals surface area contributed by atoms with E-state index in [0.717, 1.165) is 22.6 Å². The average Bonchev–Trinajstić information content (AvgIpc) is 2.67. The Hall–Kier alpha value is -3.21. The summed E-state index contributed by atoms with van der Waals surface area (Å²) < 4.78 is 6.16. The number of fused-ring (bicyclic) bond motifs is 1. The van der Waals surface area contributed by atoms with Crippen LogP contribution in [0, 0.1) is 0 Å². The fraction of sp³-hybridized carbons (Fsp3) is 0.105. The van der Waals surface area contributed by atoms with Crippen molar-refractivity contribution in [2.75, 3.05) is 5.43 Å². The number of aromatic nitrogens is 2. The molecule has 2 aromatic carbocycles. The van der Waals surface area contributed by atoms with Crippen molar-refractivity contribution in [2.24, 2.45) is 5.10 Å². The largest absolute Gasteiger partial charge is 0.485 e. The van der Waals surface area contributed by atoms with Crippen LogP contribution in [0.5, 0.6) is 5.75 Å². The van der Waals surface area contributed by atoms with Crippen LogP contribution >= 0.6 is 0 Å². The molecule has 1 aliphatic rings. The summed E-state index contributed by atoms with van der Waals surface area (Å²) in [4.78, 5) is 8.27. The van der Waals surface area contributed by atoms with Crippen LogP contribution in [0.4, 0.5) is 5.95 Å². The van der Waals surface area contributed by atoms with E-state index in [0.29, 0.717) is 12.4 Å². The van der Waals surface area contributed by atoms with E-state index in [4.69, 9.17) is 4.74 Å². The Morgan fingerprint density at radius 3 is 2.50 bits per heavy atom. The van der Waals surface area contributed by atoms with Crippen LogP contribution in [0.3, 0.4) is 0 Å². The lowest BCUT2D eigenvalue weighted by Crippen LogP contribution is -2.22. The quantitative estimate of drug-likeness (QED) is 0.746. The Labute approximate surface area is 140 Å². The fourth-order valence-electron chi connectivity index (χ4n) is 2.72. The first-order valence-corrected chi connectivity index (χ1v) is 7.81. The van der Waals surface area contributed by atoms with Gasteiger partial charge >= 0.3 is 0 Å². The van der Waals surface area contributed by atoms with Gasteiger partial charge in [-0.15, -0.1) is 0 Å². The van der Waals surface area contributed by atoms with Gasteiger partial charge < -0.3 is 4.74 Å². The first-order valence-electron chi connectivity index (χ1n) is 7.81. The number of para-hydroxylation sites is 1. The third-order valence-corrected chi connectivity index (χ3v) is 3.87. The van der Waals surface area contributed by atoms with Gasteiger partial charge in [0.1, 0.15) is 11.9 Å². The highest BCUT2D eigenvalue weighted by Crippen LogP contribution is 2.35. The topological polar surface area (TPSA) is 59.4 Å². The lowest BCUT2D eigenvalue weighted by Gasteiger charge is -2.27. The number of nitrogens with one attached hydrogen (secondary N) is 1. The van der Waals surface area contributed by atoms with Crippen molar-refractivity contribution in [1.29, 1.82) is 0 Å². The molecule has 1 aliphatic heterocycles. The van der Waals surface area contributed by atoms with Crippen LogP contribution in [0.25, 0.3) is 0 Å². The number of benzene rings is 2. The van der Waals surface area contributed by atoms with Crippen LogP contribution in [0.15, 0.2) is 78.2 Å². The minimum atomic E-state index is -0.0571. The van der Waals surface area contributed by atoms with Gasteiger partial charge in [0.05, 0.1) is 5.71 Å². The molecule has 5 heteroatoms. The van der Waals surface area contributed by atoms with Gasteiger partial charge in [-0.3, -0.25) is 0 Å². The summed E-state index contributed by atoms with van der Waals surface area (Å²) in [5.74, 6) is 1.32. The summed E-state index contributed by atoms with van der Waals surface area (Å²) in [5, 5.41) is 4.53. The summed E-state index contributed by atoms with van der Waals surface area (Å²) >= 11 is 0. The first-order chi connectivity index (χ1) is 11.9. The van der Waals surface area contributed by atoms with Gasteiger partial charge in [0.2, 0.25) is 5.95 Å². The van der Waals surface area contributed by atoms with Gasteiger partial charge in [0, 0.05) is 24.4 Å². The molecule has 0 radical (unpaired) electrons. The Morgan fingerprint density at radius 2 is 1.67 bits per heavy atom. The molecular formula is C19H16N4O. The highest BCUT2D eigenvalue weighted by molar-refractivity contribution is 6.04. The summed E-state index contributed by atoms with van der Waals surface area (Å²) in [6, 6.07) is 19.9. The monoisotopic (exact) mass is 316 g/mol. The maximum atomic E-state index is 6.16. The Balaban J connectivity index is 1.67. The number of hydrazone groups is 1. The number of rotatable bonds is 3. The van der Waals surface area contributed by atoms with E-state index in [2.05, 4.69) is 32.6 Å². The predicted octanol–water partition coefficient (Wildman–Crippen LogP) is 3.82. The molecule has 1 unspecified atom stereocenters. The SMILES string of the molecule is c1ccc(C2CC(=NNc3ncccn3)c3ccccc3O2)cc1. The fourth-order valence-corrected chi connectivity index (χ4v) is 2.72. The van der Waals surface area contributed by atoms with E-state index in [1.807, 2.05) is 42.5 Å². The van der Waals surface area contributed by atoms with E-state index in [9.17, 15) is 0 Å². The third-order valence-electron chi connectivity index (χ3n) is 3.87. The Bertz CT molecular complexity index is 850. The van der Waals surface area contributed by atoms with Crippen LogP contribution in [0.1, 0.15) is 23.7 Å². The number of anilines is 1. The molecule has 5 nitrogen and oxygen atoms in total. The van der Waals surface area contributed by atoms with Gasteiger partial charge in [-0.25, -0.2) is 15.4 Å². The molecular weight excluding hydrogens is 300 g/mol. The normalized spacial score (nSPS) is 17.8. The molecule has 0 bridgehead atoms. The lowest BCUT2D eigenvalue weighted by molar-refractivity contribution is 0.206. The number of nitrogens with zero attached hydrogens (tertiary/aromatic N) is 3. The standard InChI is InChI=1S/C19H16N4O/c1-2-7-14(8-3-1)18-13-16(15-9-4-5-10-17(15)24-18)22-23-19-20-11-6-12-21-19/h1-12,18H,13H2,(H,20,21,23). The van der Waals surface area contributed by atoms with Crippen molar-refractivity contribution in [2.45, 2.75) is 12.5 Å². The van der Waals surface area contributed by atoms with Gasteiger partial charge in [-0.1, -0.05) is 42.5 Å². The minimum absolute atomic E-state index is 0.0571. The predicted molar refractivity (Wildman–Crippen MR) is 93.1 cm³/mol. The zero-order valence-electron chi connectivity index (χ0n) is 13.0. The average molecular weight is 316 g/mol. The van der Waals surface area contributed by atoms with Crippen LogP contribution < -0.4 is 10.2 Å². The maximum absolute atomic E-state index is 6.16. The van der Waals surface area contributed by atoms with Crippen molar-refractivity contribution >= 4 is 11.7 Å².